The Morgan fingerprint density at radius 1 is 1.09 bits per heavy atom. The number of hydrogen-bond donors (Lipinski definition) is 2. The van der Waals surface area contributed by atoms with Crippen LogP contribution in [0, 0.1) is 11.2 Å². The molecule has 0 aliphatic carbocycles. The number of rotatable bonds is 4. The number of benzene rings is 2. The molecule has 5 heteroatoms. The fraction of sp³-hybridized carbons (Fsp3) is 0.278. The number of carbonyl (C=O) groups is 1. The van der Waals surface area contributed by atoms with E-state index in [0.29, 0.717) is 11.3 Å². The summed E-state index contributed by atoms with van der Waals surface area (Å²) in [6.45, 7) is 5.38. The molecule has 0 aromatic heterocycles. The van der Waals surface area contributed by atoms with Crippen molar-refractivity contribution in [2.45, 2.75) is 20.8 Å². The lowest BCUT2D eigenvalue weighted by Crippen LogP contribution is -2.38. The molecule has 122 valence electrons. The SMILES string of the molecule is COc1c(F)cc(-c2ccccc2)cc1NNC(=O)C(C)(C)C. The molecule has 1 amide bonds. The molecule has 0 radical (unpaired) electrons. The van der Waals surface area contributed by atoms with Gasteiger partial charge in [0, 0.05) is 5.41 Å². The molecule has 0 fully saturated rings. The van der Waals surface area contributed by atoms with Crippen LogP contribution in [0.1, 0.15) is 20.8 Å². The highest BCUT2D eigenvalue weighted by molar-refractivity contribution is 5.83. The molecule has 4 nitrogen and oxygen atoms in total. The Hall–Kier alpha value is -2.56. The largest absolute Gasteiger partial charge is 0.492 e. The molecule has 0 saturated heterocycles. The van der Waals surface area contributed by atoms with Crippen molar-refractivity contribution >= 4 is 11.6 Å². The second-order valence-electron chi connectivity index (χ2n) is 6.23. The maximum absolute atomic E-state index is 14.3. The molecule has 2 aromatic rings. The molecule has 0 heterocycles. The third-order valence-corrected chi connectivity index (χ3v) is 3.35. The quantitative estimate of drug-likeness (QED) is 0.839. The van der Waals surface area contributed by atoms with E-state index in [0.717, 1.165) is 5.56 Å². The Balaban J connectivity index is 2.34. The maximum Gasteiger partial charge on any atom is 0.243 e. The Labute approximate surface area is 135 Å². The second kappa shape index (κ2) is 6.69. The van der Waals surface area contributed by atoms with Crippen molar-refractivity contribution in [3.63, 3.8) is 0 Å². The van der Waals surface area contributed by atoms with E-state index in [-0.39, 0.29) is 11.7 Å². The number of ether oxygens (including phenoxy) is 1. The first-order valence-corrected chi connectivity index (χ1v) is 7.32. The highest BCUT2D eigenvalue weighted by atomic mass is 19.1. The summed E-state index contributed by atoms with van der Waals surface area (Å²) in [7, 11) is 1.39. The predicted octanol–water partition coefficient (Wildman–Crippen LogP) is 3.99. The lowest BCUT2D eigenvalue weighted by molar-refractivity contribution is -0.127. The van der Waals surface area contributed by atoms with E-state index in [1.54, 1.807) is 26.8 Å². The lowest BCUT2D eigenvalue weighted by atomic mass is 9.96. The first kappa shape index (κ1) is 16.8. The number of hydrazine groups is 1. The lowest BCUT2D eigenvalue weighted by Gasteiger charge is -2.20. The van der Waals surface area contributed by atoms with Crippen LogP contribution in [-0.4, -0.2) is 13.0 Å². The van der Waals surface area contributed by atoms with Gasteiger partial charge >= 0.3 is 0 Å². The van der Waals surface area contributed by atoms with Gasteiger partial charge in [-0.15, -0.1) is 0 Å². The average molecular weight is 316 g/mol. The van der Waals surface area contributed by atoms with Crippen molar-refractivity contribution in [2.24, 2.45) is 5.41 Å². The van der Waals surface area contributed by atoms with E-state index >= 15 is 0 Å². The van der Waals surface area contributed by atoms with Crippen LogP contribution >= 0.6 is 0 Å². The Morgan fingerprint density at radius 3 is 2.30 bits per heavy atom. The standard InChI is InChI=1S/C18H21FN2O2/c1-18(2,3)17(22)21-20-15-11-13(10-14(19)16(15)23-4)12-8-6-5-7-9-12/h5-11,20H,1-4H3,(H,21,22). The Kier molecular flexibility index (Phi) is 4.89. The second-order valence-corrected chi connectivity index (χ2v) is 6.23. The minimum atomic E-state index is -0.560. The first-order chi connectivity index (χ1) is 10.8. The van der Waals surface area contributed by atoms with E-state index in [9.17, 15) is 9.18 Å². The number of methoxy groups -OCH3 is 1. The highest BCUT2D eigenvalue weighted by Gasteiger charge is 2.21. The summed E-state index contributed by atoms with van der Waals surface area (Å²) in [5.41, 5.74) is 6.71. The van der Waals surface area contributed by atoms with Crippen molar-refractivity contribution < 1.29 is 13.9 Å². The average Bonchev–Trinajstić information content (AvgIpc) is 2.52. The summed E-state index contributed by atoms with van der Waals surface area (Å²) in [5, 5.41) is 0. The van der Waals surface area contributed by atoms with Crippen molar-refractivity contribution in [1.82, 2.24) is 5.43 Å². The topological polar surface area (TPSA) is 50.4 Å². The molecule has 0 unspecified atom stereocenters. The number of nitrogens with one attached hydrogen (secondary N) is 2. The van der Waals surface area contributed by atoms with Gasteiger partial charge in [0.2, 0.25) is 5.91 Å². The summed E-state index contributed by atoms with van der Waals surface area (Å²) >= 11 is 0. The third kappa shape index (κ3) is 4.00. The molecule has 2 aromatic carbocycles. The molecule has 0 spiro atoms. The molecule has 0 aliphatic heterocycles. The molecular weight excluding hydrogens is 295 g/mol. The van der Waals surface area contributed by atoms with Crippen molar-refractivity contribution in [1.29, 1.82) is 0 Å². The van der Waals surface area contributed by atoms with Gasteiger partial charge in [0.05, 0.1) is 12.8 Å². The number of anilines is 1. The molecule has 0 bridgehead atoms. The van der Waals surface area contributed by atoms with E-state index in [1.165, 1.54) is 13.2 Å². The van der Waals surface area contributed by atoms with E-state index in [2.05, 4.69) is 10.9 Å². The fourth-order valence-electron chi connectivity index (χ4n) is 2.00. The van der Waals surface area contributed by atoms with Crippen LogP contribution in [-0.2, 0) is 4.79 Å². The summed E-state index contributed by atoms with van der Waals surface area (Å²) in [6.07, 6.45) is 0. The minimum absolute atomic E-state index is 0.0545. The highest BCUT2D eigenvalue weighted by Crippen LogP contribution is 2.33. The van der Waals surface area contributed by atoms with Crippen molar-refractivity contribution in [2.75, 3.05) is 12.5 Å². The van der Waals surface area contributed by atoms with Crippen LogP contribution in [0.3, 0.4) is 0 Å². The van der Waals surface area contributed by atoms with Crippen LogP contribution in [0.5, 0.6) is 5.75 Å². The van der Waals surface area contributed by atoms with Gasteiger partial charge in [-0.2, -0.15) is 0 Å². The first-order valence-electron chi connectivity index (χ1n) is 7.32. The third-order valence-electron chi connectivity index (χ3n) is 3.35. The number of hydrogen-bond acceptors (Lipinski definition) is 3. The fourth-order valence-corrected chi connectivity index (χ4v) is 2.00. The monoisotopic (exact) mass is 316 g/mol. The normalized spacial score (nSPS) is 11.0. The van der Waals surface area contributed by atoms with Crippen LogP contribution in [0.2, 0.25) is 0 Å². The van der Waals surface area contributed by atoms with Gasteiger partial charge < -0.3 is 4.74 Å². The molecule has 2 rings (SSSR count). The van der Waals surface area contributed by atoms with Gasteiger partial charge in [0.15, 0.2) is 11.6 Å². The Morgan fingerprint density at radius 2 is 1.74 bits per heavy atom. The number of halogens is 1. The van der Waals surface area contributed by atoms with Crippen molar-refractivity contribution in [3.8, 4) is 16.9 Å². The summed E-state index contributed by atoms with van der Waals surface area (Å²) in [6, 6.07) is 12.6. The van der Waals surface area contributed by atoms with Gasteiger partial charge in [-0.25, -0.2) is 4.39 Å². The zero-order valence-corrected chi connectivity index (χ0v) is 13.7. The summed E-state index contributed by atoms with van der Waals surface area (Å²) < 4.78 is 19.4. The molecule has 2 N–H and O–H groups in total. The van der Waals surface area contributed by atoms with E-state index in [4.69, 9.17) is 4.74 Å². The van der Waals surface area contributed by atoms with Gasteiger partial charge in [-0.3, -0.25) is 15.6 Å². The van der Waals surface area contributed by atoms with Gasteiger partial charge in [-0.1, -0.05) is 51.1 Å². The molecule has 23 heavy (non-hydrogen) atoms. The summed E-state index contributed by atoms with van der Waals surface area (Å²) in [5.74, 6) is -0.648. The van der Waals surface area contributed by atoms with Gasteiger partial charge in [0.1, 0.15) is 0 Å². The van der Waals surface area contributed by atoms with Crippen LogP contribution in [0.25, 0.3) is 11.1 Å². The molecular formula is C18H21FN2O2. The van der Waals surface area contributed by atoms with Crippen LogP contribution in [0.4, 0.5) is 10.1 Å². The maximum atomic E-state index is 14.3. The zero-order chi connectivity index (χ0) is 17.0. The van der Waals surface area contributed by atoms with Crippen molar-refractivity contribution in [3.05, 3.63) is 48.3 Å². The van der Waals surface area contributed by atoms with E-state index < -0.39 is 11.2 Å². The Bertz CT molecular complexity index is 694. The van der Waals surface area contributed by atoms with Crippen LogP contribution < -0.4 is 15.6 Å². The molecule has 0 atom stereocenters. The minimum Gasteiger partial charge on any atom is -0.492 e. The number of carbonyl (C=O) groups excluding carboxylic acids is 1. The molecule has 0 aliphatic rings. The van der Waals surface area contributed by atoms with E-state index in [1.807, 2.05) is 30.3 Å². The van der Waals surface area contributed by atoms with Gasteiger partial charge in [0.25, 0.3) is 0 Å². The number of amides is 1. The van der Waals surface area contributed by atoms with Gasteiger partial charge in [-0.05, 0) is 23.3 Å². The summed E-state index contributed by atoms with van der Waals surface area (Å²) in [4.78, 5) is 12.0. The smallest absolute Gasteiger partial charge is 0.243 e. The predicted molar refractivity (Wildman–Crippen MR) is 89.6 cm³/mol. The molecule has 0 saturated carbocycles. The zero-order valence-electron chi connectivity index (χ0n) is 13.7. The van der Waals surface area contributed by atoms with Crippen LogP contribution in [0.15, 0.2) is 42.5 Å².